The van der Waals surface area contributed by atoms with E-state index in [1.165, 1.54) is 0 Å². The molecule has 0 bridgehead atoms. The van der Waals surface area contributed by atoms with Gasteiger partial charge >= 0.3 is 0 Å². The molecule has 1 fully saturated rings. The molecule has 3 N–H and O–H groups in total. The van der Waals surface area contributed by atoms with Crippen LogP contribution in [0.15, 0.2) is 30.3 Å². The second kappa shape index (κ2) is 6.49. The first-order valence-electron chi connectivity index (χ1n) is 6.10. The van der Waals surface area contributed by atoms with Crippen LogP contribution >= 0.6 is 0 Å². The first-order valence-corrected chi connectivity index (χ1v) is 6.10. The van der Waals surface area contributed by atoms with Crippen molar-refractivity contribution in [3.8, 4) is 0 Å². The zero-order chi connectivity index (χ0) is 12.8. The summed E-state index contributed by atoms with van der Waals surface area (Å²) >= 11 is 0. The first kappa shape index (κ1) is 13.0. The second-order valence-electron chi connectivity index (χ2n) is 4.26. The fraction of sp³-hybridized carbons (Fsp3) is 0.462. The highest BCUT2D eigenvalue weighted by Gasteiger charge is 2.19. The number of amides is 1. The lowest BCUT2D eigenvalue weighted by Gasteiger charge is -2.24. The van der Waals surface area contributed by atoms with Gasteiger partial charge in [-0.15, -0.1) is 0 Å². The largest absolute Gasteiger partial charge is 0.378 e. The van der Waals surface area contributed by atoms with Gasteiger partial charge < -0.3 is 20.5 Å². The van der Waals surface area contributed by atoms with Gasteiger partial charge in [-0.25, -0.2) is 0 Å². The van der Waals surface area contributed by atoms with E-state index in [1.54, 1.807) is 24.3 Å². The molecule has 1 aromatic carbocycles. The maximum atomic E-state index is 11.7. The molecule has 0 spiro atoms. The summed E-state index contributed by atoms with van der Waals surface area (Å²) in [5, 5.41) is 15.7. The minimum Gasteiger partial charge on any atom is -0.378 e. The molecular weight excluding hydrogens is 232 g/mol. The number of aliphatic hydroxyl groups excluding tert-OH is 1. The molecule has 2 atom stereocenters. The van der Waals surface area contributed by atoms with Crippen molar-refractivity contribution < 1.29 is 14.6 Å². The first-order chi connectivity index (χ1) is 8.77. The van der Waals surface area contributed by atoms with Crippen LogP contribution < -0.4 is 10.6 Å². The average Bonchev–Trinajstić information content (AvgIpc) is 2.46. The summed E-state index contributed by atoms with van der Waals surface area (Å²) in [6, 6.07) is 8.88. The van der Waals surface area contributed by atoms with Crippen LogP contribution in [0.2, 0.25) is 0 Å². The Balaban J connectivity index is 1.80. The molecule has 5 nitrogen and oxygen atoms in total. The fourth-order valence-electron chi connectivity index (χ4n) is 1.85. The number of aliphatic hydroxyl groups is 1. The van der Waals surface area contributed by atoms with Gasteiger partial charge in [0.1, 0.15) is 0 Å². The number of carbonyl (C=O) groups excluding carboxylic acids is 1. The third kappa shape index (κ3) is 3.53. The smallest absolute Gasteiger partial charge is 0.253 e. The quantitative estimate of drug-likeness (QED) is 0.693. The summed E-state index contributed by atoms with van der Waals surface area (Å²) in [5.41, 5.74) is 0.595. The summed E-state index contributed by atoms with van der Waals surface area (Å²) in [6.07, 6.45) is -1.14. The van der Waals surface area contributed by atoms with E-state index in [4.69, 9.17) is 4.74 Å². The SMILES string of the molecule is O=C(NCC1CNCCO1)C(O)c1ccccc1. The molecule has 98 valence electrons. The van der Waals surface area contributed by atoms with E-state index < -0.39 is 12.0 Å². The Hall–Kier alpha value is -1.43. The molecule has 5 heteroatoms. The van der Waals surface area contributed by atoms with Gasteiger partial charge in [0, 0.05) is 19.6 Å². The number of benzene rings is 1. The Bertz CT molecular complexity index is 377. The predicted octanol–water partition coefficient (Wildman–Crippen LogP) is -0.175. The lowest BCUT2D eigenvalue weighted by atomic mass is 10.1. The second-order valence-corrected chi connectivity index (χ2v) is 4.26. The summed E-state index contributed by atoms with van der Waals surface area (Å²) in [7, 11) is 0. The number of nitrogens with one attached hydrogen (secondary N) is 2. The molecule has 1 aliphatic heterocycles. The van der Waals surface area contributed by atoms with Crippen LogP contribution in [0.5, 0.6) is 0 Å². The molecule has 2 rings (SSSR count). The van der Waals surface area contributed by atoms with Crippen molar-refractivity contribution in [1.82, 2.24) is 10.6 Å². The molecule has 1 amide bonds. The van der Waals surface area contributed by atoms with Gasteiger partial charge in [0.25, 0.3) is 5.91 Å². The van der Waals surface area contributed by atoms with Crippen LogP contribution in [0.3, 0.4) is 0 Å². The summed E-state index contributed by atoms with van der Waals surface area (Å²) in [5.74, 6) is -0.393. The van der Waals surface area contributed by atoms with Gasteiger partial charge in [0.2, 0.25) is 0 Å². The summed E-state index contributed by atoms with van der Waals surface area (Å²) < 4.78 is 5.45. The highest BCUT2D eigenvalue weighted by atomic mass is 16.5. The normalized spacial score (nSPS) is 21.3. The average molecular weight is 250 g/mol. The minimum absolute atomic E-state index is 0.0225. The Morgan fingerprint density at radius 3 is 2.94 bits per heavy atom. The third-order valence-electron chi connectivity index (χ3n) is 2.87. The fourth-order valence-corrected chi connectivity index (χ4v) is 1.85. The molecule has 1 heterocycles. The zero-order valence-corrected chi connectivity index (χ0v) is 10.1. The molecule has 1 aliphatic rings. The number of rotatable bonds is 4. The van der Waals surface area contributed by atoms with Crippen molar-refractivity contribution in [1.29, 1.82) is 0 Å². The molecule has 0 radical (unpaired) electrons. The van der Waals surface area contributed by atoms with Crippen LogP contribution in [0.1, 0.15) is 11.7 Å². The lowest BCUT2D eigenvalue weighted by molar-refractivity contribution is -0.130. The van der Waals surface area contributed by atoms with Crippen molar-refractivity contribution in [2.24, 2.45) is 0 Å². The zero-order valence-electron chi connectivity index (χ0n) is 10.1. The van der Waals surface area contributed by atoms with E-state index in [9.17, 15) is 9.90 Å². The molecule has 1 saturated heterocycles. The number of hydrogen-bond acceptors (Lipinski definition) is 4. The van der Waals surface area contributed by atoms with Crippen molar-refractivity contribution in [2.45, 2.75) is 12.2 Å². The Morgan fingerprint density at radius 1 is 1.50 bits per heavy atom. The number of carbonyl (C=O) groups is 1. The van der Waals surface area contributed by atoms with Gasteiger partial charge in [0.05, 0.1) is 12.7 Å². The molecule has 2 unspecified atom stereocenters. The predicted molar refractivity (Wildman–Crippen MR) is 67.0 cm³/mol. The van der Waals surface area contributed by atoms with E-state index >= 15 is 0 Å². The summed E-state index contributed by atoms with van der Waals surface area (Å²) in [6.45, 7) is 2.64. The van der Waals surface area contributed by atoms with Crippen LogP contribution in [0.4, 0.5) is 0 Å². The molecule has 18 heavy (non-hydrogen) atoms. The monoisotopic (exact) mass is 250 g/mol. The van der Waals surface area contributed by atoms with E-state index in [-0.39, 0.29) is 6.10 Å². The maximum Gasteiger partial charge on any atom is 0.253 e. The highest BCUT2D eigenvalue weighted by molar-refractivity contribution is 5.81. The molecular formula is C13H18N2O3. The standard InChI is InChI=1S/C13H18N2O3/c16-12(10-4-2-1-3-5-10)13(17)15-9-11-8-14-6-7-18-11/h1-5,11-12,14,16H,6-9H2,(H,15,17). The lowest BCUT2D eigenvalue weighted by Crippen LogP contribution is -2.46. The third-order valence-corrected chi connectivity index (χ3v) is 2.87. The van der Waals surface area contributed by atoms with E-state index in [2.05, 4.69) is 10.6 Å². The van der Waals surface area contributed by atoms with Crippen LogP contribution in [0.25, 0.3) is 0 Å². The molecule has 0 aliphatic carbocycles. The van der Waals surface area contributed by atoms with E-state index in [1.807, 2.05) is 6.07 Å². The molecule has 0 aromatic heterocycles. The molecule has 0 saturated carbocycles. The van der Waals surface area contributed by atoms with Crippen molar-refractivity contribution in [3.05, 3.63) is 35.9 Å². The van der Waals surface area contributed by atoms with Crippen LogP contribution in [-0.2, 0) is 9.53 Å². The number of ether oxygens (including phenoxy) is 1. The highest BCUT2D eigenvalue weighted by Crippen LogP contribution is 2.11. The van der Waals surface area contributed by atoms with Crippen LogP contribution in [-0.4, -0.2) is 43.4 Å². The molecule has 1 aromatic rings. The Labute approximate surface area is 106 Å². The summed E-state index contributed by atoms with van der Waals surface area (Å²) in [4.78, 5) is 11.7. The van der Waals surface area contributed by atoms with Crippen molar-refractivity contribution in [2.75, 3.05) is 26.2 Å². The van der Waals surface area contributed by atoms with Gasteiger partial charge in [-0.2, -0.15) is 0 Å². The van der Waals surface area contributed by atoms with Crippen LogP contribution in [0, 0.1) is 0 Å². The van der Waals surface area contributed by atoms with Crippen molar-refractivity contribution >= 4 is 5.91 Å². The Morgan fingerprint density at radius 2 is 2.28 bits per heavy atom. The van der Waals surface area contributed by atoms with Gasteiger partial charge in [-0.3, -0.25) is 4.79 Å². The topological polar surface area (TPSA) is 70.6 Å². The van der Waals surface area contributed by atoms with Gasteiger partial charge in [-0.1, -0.05) is 30.3 Å². The minimum atomic E-state index is -1.12. The van der Waals surface area contributed by atoms with E-state index in [0.29, 0.717) is 18.7 Å². The number of hydrogen-bond donors (Lipinski definition) is 3. The number of morpholine rings is 1. The van der Waals surface area contributed by atoms with Gasteiger partial charge in [0.15, 0.2) is 6.10 Å². The maximum absolute atomic E-state index is 11.7. The van der Waals surface area contributed by atoms with E-state index in [0.717, 1.165) is 13.1 Å². The Kier molecular flexibility index (Phi) is 4.69. The van der Waals surface area contributed by atoms with Gasteiger partial charge in [-0.05, 0) is 5.56 Å². The van der Waals surface area contributed by atoms with Crippen molar-refractivity contribution in [3.63, 3.8) is 0 Å².